The Kier molecular flexibility index (Phi) is 7.10. The van der Waals surface area contributed by atoms with Crippen LogP contribution in [0.3, 0.4) is 0 Å². The number of hydrogen-bond acceptors (Lipinski definition) is 8. The molecule has 1 aliphatic rings. The van der Waals surface area contributed by atoms with Crippen molar-refractivity contribution in [3.8, 4) is 5.75 Å². The molecule has 0 fully saturated rings. The van der Waals surface area contributed by atoms with Gasteiger partial charge < -0.3 is 15.6 Å². The van der Waals surface area contributed by atoms with E-state index in [0.717, 1.165) is 16.8 Å². The molecule has 1 heterocycles. The molecule has 5 N–H and O–H groups in total. The molecule has 1 atom stereocenters. The molecule has 0 saturated heterocycles. The minimum absolute atomic E-state index is 0.0212. The molecule has 0 bridgehead atoms. The number of benzene rings is 2. The molecule has 13 heteroatoms. The quantitative estimate of drug-likeness (QED) is 0.306. The highest BCUT2D eigenvalue weighted by molar-refractivity contribution is 7.92. The van der Waals surface area contributed by atoms with Crippen LogP contribution in [0.25, 0.3) is 0 Å². The molecule has 0 amide bonds. The molecule has 0 spiro atoms. The normalized spacial score (nSPS) is 16.0. The van der Waals surface area contributed by atoms with Gasteiger partial charge in [-0.05, 0) is 41.7 Å². The number of para-hydroxylation sites is 1. The number of nitrogens with one attached hydrogen (secondary N) is 2. The van der Waals surface area contributed by atoms with Crippen LogP contribution >= 0.6 is 0 Å². The SMILES string of the molecule is CC(C)C(N)C(=O)Oc1cc(Cc2ccccc2NS(C)(=O)=O)ccc1N1C=C(O)NS1(=O)=O. The number of aliphatic hydroxyl groups is 1. The van der Waals surface area contributed by atoms with Gasteiger partial charge in [0.2, 0.25) is 15.9 Å². The van der Waals surface area contributed by atoms with Crippen molar-refractivity contribution < 1.29 is 31.5 Å². The number of esters is 1. The monoisotopic (exact) mass is 510 g/mol. The first-order chi connectivity index (χ1) is 15.8. The number of carbonyl (C=O) groups excluding carboxylic acids is 1. The Balaban J connectivity index is 2.03. The van der Waals surface area contributed by atoms with Gasteiger partial charge in [-0.1, -0.05) is 38.1 Å². The van der Waals surface area contributed by atoms with E-state index < -0.39 is 38.1 Å². The van der Waals surface area contributed by atoms with Crippen LogP contribution in [0.5, 0.6) is 5.75 Å². The third kappa shape index (κ3) is 5.98. The van der Waals surface area contributed by atoms with Gasteiger partial charge >= 0.3 is 16.2 Å². The Morgan fingerprint density at radius 3 is 2.50 bits per heavy atom. The van der Waals surface area contributed by atoms with Gasteiger partial charge in [0.1, 0.15) is 11.7 Å². The minimum atomic E-state index is -4.14. The van der Waals surface area contributed by atoms with Crippen molar-refractivity contribution >= 4 is 37.6 Å². The number of aliphatic hydroxyl groups excluding tert-OH is 1. The Bertz CT molecular complexity index is 1340. The van der Waals surface area contributed by atoms with Crippen LogP contribution in [0, 0.1) is 5.92 Å². The zero-order valence-corrected chi connectivity index (χ0v) is 20.4. The highest BCUT2D eigenvalue weighted by Gasteiger charge is 2.32. The number of ether oxygens (including phenoxy) is 1. The Morgan fingerprint density at radius 2 is 1.91 bits per heavy atom. The Morgan fingerprint density at radius 1 is 1.24 bits per heavy atom. The summed E-state index contributed by atoms with van der Waals surface area (Å²) in [4.78, 5) is 12.6. The average Bonchev–Trinajstić information content (AvgIpc) is 2.99. The Labute approximate surface area is 198 Å². The third-order valence-corrected chi connectivity index (χ3v) is 6.78. The van der Waals surface area contributed by atoms with Gasteiger partial charge in [0.25, 0.3) is 0 Å². The molecule has 184 valence electrons. The maximum Gasteiger partial charge on any atom is 0.330 e. The lowest BCUT2D eigenvalue weighted by molar-refractivity contribution is -0.136. The van der Waals surface area contributed by atoms with E-state index in [2.05, 4.69) is 4.72 Å². The zero-order valence-electron chi connectivity index (χ0n) is 18.7. The van der Waals surface area contributed by atoms with Gasteiger partial charge in [0.05, 0.1) is 18.1 Å². The molecule has 1 unspecified atom stereocenters. The van der Waals surface area contributed by atoms with E-state index in [-0.39, 0.29) is 23.8 Å². The fraction of sp³-hybridized carbons (Fsp3) is 0.286. The summed E-state index contributed by atoms with van der Waals surface area (Å²) in [7, 11) is -7.65. The molecule has 3 rings (SSSR count). The molecule has 0 aliphatic carbocycles. The number of hydrogen-bond donors (Lipinski definition) is 4. The van der Waals surface area contributed by atoms with E-state index >= 15 is 0 Å². The lowest BCUT2D eigenvalue weighted by Crippen LogP contribution is -2.39. The second-order valence-corrected chi connectivity index (χ2v) is 11.4. The second-order valence-electron chi connectivity index (χ2n) is 8.12. The van der Waals surface area contributed by atoms with E-state index in [4.69, 9.17) is 10.5 Å². The minimum Gasteiger partial charge on any atom is -0.493 e. The van der Waals surface area contributed by atoms with Crippen LogP contribution in [0.2, 0.25) is 0 Å². The van der Waals surface area contributed by atoms with Gasteiger partial charge in [-0.3, -0.25) is 4.72 Å². The van der Waals surface area contributed by atoms with Crippen molar-refractivity contribution in [3.63, 3.8) is 0 Å². The number of anilines is 2. The molecule has 1 aliphatic heterocycles. The maximum absolute atomic E-state index is 12.6. The average molecular weight is 511 g/mol. The first kappa shape index (κ1) is 25.3. The summed E-state index contributed by atoms with van der Waals surface area (Å²) in [6.45, 7) is 3.48. The largest absolute Gasteiger partial charge is 0.493 e. The standard InChI is InChI=1S/C21H26N4O7S2/c1-13(2)20(22)21(27)32-18-11-14(8-9-17(18)25-12-19(26)24-34(25,30)31)10-15-6-4-5-7-16(15)23-33(3,28)29/h4-9,11-13,20,23-24,26H,10,22H2,1-3H3. The van der Waals surface area contributed by atoms with Gasteiger partial charge in [-0.2, -0.15) is 8.42 Å². The van der Waals surface area contributed by atoms with E-state index in [1.807, 2.05) is 4.72 Å². The molecule has 0 radical (unpaired) electrons. The number of sulfonamides is 1. The predicted octanol–water partition coefficient (Wildman–Crippen LogP) is 1.55. The Hall–Kier alpha value is -3.29. The third-order valence-electron chi connectivity index (χ3n) is 4.90. The van der Waals surface area contributed by atoms with Crippen molar-refractivity contribution in [1.82, 2.24) is 4.72 Å². The van der Waals surface area contributed by atoms with E-state index in [9.17, 15) is 26.7 Å². The molecular weight excluding hydrogens is 484 g/mol. The van der Waals surface area contributed by atoms with Crippen LogP contribution in [0.1, 0.15) is 25.0 Å². The van der Waals surface area contributed by atoms with Gasteiger partial charge in [0, 0.05) is 0 Å². The van der Waals surface area contributed by atoms with Crippen molar-refractivity contribution in [2.75, 3.05) is 15.3 Å². The van der Waals surface area contributed by atoms with Crippen LogP contribution in [-0.4, -0.2) is 40.2 Å². The molecular formula is C21H26N4O7S2. The van der Waals surface area contributed by atoms with Gasteiger partial charge in [-0.25, -0.2) is 22.2 Å². The summed E-state index contributed by atoms with van der Waals surface area (Å²) in [5.41, 5.74) is 7.50. The summed E-state index contributed by atoms with van der Waals surface area (Å²) in [5, 5.41) is 9.65. The summed E-state index contributed by atoms with van der Waals surface area (Å²) in [6.07, 6.45) is 2.22. The molecule has 0 aromatic heterocycles. The van der Waals surface area contributed by atoms with Gasteiger partial charge in [-0.15, -0.1) is 0 Å². The summed E-state index contributed by atoms with van der Waals surface area (Å²) in [5.74, 6) is -1.68. The van der Waals surface area contributed by atoms with Gasteiger partial charge in [0.15, 0.2) is 5.75 Å². The van der Waals surface area contributed by atoms with E-state index in [1.54, 1.807) is 44.2 Å². The van der Waals surface area contributed by atoms with Crippen molar-refractivity contribution in [1.29, 1.82) is 0 Å². The second kappa shape index (κ2) is 9.52. The molecule has 0 saturated carbocycles. The predicted molar refractivity (Wildman–Crippen MR) is 128 cm³/mol. The topological polar surface area (TPSA) is 168 Å². The van der Waals surface area contributed by atoms with Crippen LogP contribution in [0.4, 0.5) is 11.4 Å². The first-order valence-corrected chi connectivity index (χ1v) is 13.5. The number of rotatable bonds is 8. The summed E-state index contributed by atoms with van der Waals surface area (Å²) >= 11 is 0. The van der Waals surface area contributed by atoms with Crippen molar-refractivity contribution in [3.05, 3.63) is 65.7 Å². The molecule has 34 heavy (non-hydrogen) atoms. The molecule has 2 aromatic rings. The highest BCUT2D eigenvalue weighted by Crippen LogP contribution is 2.35. The fourth-order valence-corrected chi connectivity index (χ4v) is 4.82. The molecule has 11 nitrogen and oxygen atoms in total. The smallest absolute Gasteiger partial charge is 0.330 e. The molecule has 2 aromatic carbocycles. The highest BCUT2D eigenvalue weighted by atomic mass is 32.2. The summed E-state index contributed by atoms with van der Waals surface area (Å²) in [6, 6.07) is 10.3. The van der Waals surface area contributed by atoms with Crippen LogP contribution in [-0.2, 0) is 31.4 Å². The zero-order chi connectivity index (χ0) is 25.3. The van der Waals surface area contributed by atoms with E-state index in [1.165, 1.54) is 12.1 Å². The van der Waals surface area contributed by atoms with Crippen molar-refractivity contribution in [2.45, 2.75) is 26.3 Å². The first-order valence-electron chi connectivity index (χ1n) is 10.2. The number of carbonyl (C=O) groups is 1. The van der Waals surface area contributed by atoms with Crippen LogP contribution < -0.4 is 24.2 Å². The fourth-order valence-electron chi connectivity index (χ4n) is 3.16. The lowest BCUT2D eigenvalue weighted by atomic mass is 10.0. The van der Waals surface area contributed by atoms with Crippen molar-refractivity contribution in [2.24, 2.45) is 11.7 Å². The lowest BCUT2D eigenvalue weighted by Gasteiger charge is -2.21. The van der Waals surface area contributed by atoms with Crippen LogP contribution in [0.15, 0.2) is 54.5 Å². The number of nitrogens with two attached hydrogens (primary N) is 1. The summed E-state index contributed by atoms with van der Waals surface area (Å²) < 4.78 is 58.8. The maximum atomic E-state index is 12.6. The number of nitrogens with zero attached hydrogens (tertiary/aromatic N) is 1. The van der Waals surface area contributed by atoms with E-state index in [0.29, 0.717) is 16.8 Å².